The van der Waals surface area contributed by atoms with Gasteiger partial charge in [-0.15, -0.1) is 0 Å². The van der Waals surface area contributed by atoms with Crippen LogP contribution in [0.1, 0.15) is 20.3 Å². The Bertz CT molecular complexity index is 987. The standard InChI is InChI=1S/C22H26N6O.C2H6/c23-14-16-5-8-28(15-16)22-21-20(24-6-7-25-21)13-19(26-22)17-1-3-18(4-2-17)27-9-11-29-12-10-27;1-2/h1-4,6-7,13,16H,5,8-12,14-15,23H2;1-2H3. The minimum Gasteiger partial charge on any atom is -0.378 e. The average molecular weight is 421 g/mol. The molecule has 2 saturated heterocycles. The molecule has 2 fully saturated rings. The molecule has 0 spiro atoms. The van der Waals surface area contributed by atoms with Crippen LogP contribution in [0.25, 0.3) is 22.3 Å². The van der Waals surface area contributed by atoms with Gasteiger partial charge in [-0.25, -0.2) is 9.97 Å². The molecule has 2 aliphatic heterocycles. The summed E-state index contributed by atoms with van der Waals surface area (Å²) < 4.78 is 5.46. The number of pyridine rings is 1. The highest BCUT2D eigenvalue weighted by molar-refractivity contribution is 5.89. The van der Waals surface area contributed by atoms with Gasteiger partial charge in [0, 0.05) is 49.8 Å². The van der Waals surface area contributed by atoms with Crippen LogP contribution in [0.3, 0.4) is 0 Å². The van der Waals surface area contributed by atoms with E-state index in [9.17, 15) is 0 Å². The lowest BCUT2D eigenvalue weighted by Crippen LogP contribution is -2.36. The smallest absolute Gasteiger partial charge is 0.157 e. The zero-order valence-electron chi connectivity index (χ0n) is 18.5. The molecule has 0 amide bonds. The molecule has 1 aromatic carbocycles. The number of anilines is 2. The summed E-state index contributed by atoms with van der Waals surface area (Å²) in [5.41, 5.74) is 10.9. The van der Waals surface area contributed by atoms with Crippen molar-refractivity contribution in [2.75, 3.05) is 55.7 Å². The number of benzene rings is 1. The van der Waals surface area contributed by atoms with Gasteiger partial charge in [0.25, 0.3) is 0 Å². The molecule has 0 radical (unpaired) electrons. The highest BCUT2D eigenvalue weighted by Crippen LogP contribution is 2.31. The molecule has 164 valence electrons. The summed E-state index contributed by atoms with van der Waals surface area (Å²) in [6.45, 7) is 10.0. The Balaban J connectivity index is 0.00000112. The number of fused-ring (bicyclic) bond motifs is 1. The lowest BCUT2D eigenvalue weighted by Gasteiger charge is -2.29. The van der Waals surface area contributed by atoms with Crippen molar-refractivity contribution in [1.29, 1.82) is 0 Å². The van der Waals surface area contributed by atoms with Crippen LogP contribution in [0.4, 0.5) is 11.5 Å². The predicted octanol–water partition coefficient (Wildman–Crippen LogP) is 3.34. The SMILES string of the molecule is CC.NCC1CCN(c2nc(-c3ccc(N4CCOCC4)cc3)cc3nccnc23)C1. The van der Waals surface area contributed by atoms with E-state index in [0.717, 1.165) is 73.9 Å². The molecule has 7 heteroatoms. The van der Waals surface area contributed by atoms with Gasteiger partial charge in [0.05, 0.1) is 24.4 Å². The summed E-state index contributed by atoms with van der Waals surface area (Å²) >= 11 is 0. The first-order valence-corrected chi connectivity index (χ1v) is 11.3. The van der Waals surface area contributed by atoms with Gasteiger partial charge in [0.2, 0.25) is 0 Å². The van der Waals surface area contributed by atoms with Crippen LogP contribution in [-0.2, 0) is 4.74 Å². The summed E-state index contributed by atoms with van der Waals surface area (Å²) in [5, 5.41) is 0. The molecule has 1 unspecified atom stereocenters. The molecule has 7 nitrogen and oxygen atoms in total. The Hall–Kier alpha value is -2.77. The number of hydrogen-bond acceptors (Lipinski definition) is 7. The number of ether oxygens (including phenoxy) is 1. The van der Waals surface area contributed by atoms with Gasteiger partial charge in [-0.05, 0) is 37.1 Å². The van der Waals surface area contributed by atoms with Gasteiger partial charge in [-0.3, -0.25) is 4.98 Å². The molecule has 0 saturated carbocycles. The van der Waals surface area contributed by atoms with Crippen molar-refractivity contribution < 1.29 is 4.74 Å². The van der Waals surface area contributed by atoms with Crippen LogP contribution in [0, 0.1) is 5.92 Å². The minimum atomic E-state index is 0.514. The first kappa shape index (κ1) is 21.5. The molecule has 0 aliphatic carbocycles. The normalized spacial score (nSPS) is 18.7. The highest BCUT2D eigenvalue weighted by Gasteiger charge is 2.25. The van der Waals surface area contributed by atoms with E-state index in [2.05, 4.69) is 44.0 Å². The summed E-state index contributed by atoms with van der Waals surface area (Å²) in [5.74, 6) is 1.43. The third-order valence-electron chi connectivity index (χ3n) is 5.90. The lowest BCUT2D eigenvalue weighted by molar-refractivity contribution is 0.122. The van der Waals surface area contributed by atoms with E-state index >= 15 is 0 Å². The number of rotatable bonds is 4. The van der Waals surface area contributed by atoms with Gasteiger partial charge in [0.1, 0.15) is 5.52 Å². The van der Waals surface area contributed by atoms with Crippen molar-refractivity contribution in [3.05, 3.63) is 42.7 Å². The summed E-state index contributed by atoms with van der Waals surface area (Å²) in [4.78, 5) is 18.8. The molecule has 4 heterocycles. The van der Waals surface area contributed by atoms with Crippen LogP contribution in [0.15, 0.2) is 42.7 Å². The molecule has 0 bridgehead atoms. The van der Waals surface area contributed by atoms with Crippen LogP contribution in [-0.4, -0.2) is 60.9 Å². The van der Waals surface area contributed by atoms with Gasteiger partial charge in [-0.2, -0.15) is 0 Å². The van der Waals surface area contributed by atoms with E-state index in [1.54, 1.807) is 12.4 Å². The molecule has 1 atom stereocenters. The second-order valence-electron chi connectivity index (χ2n) is 7.74. The first-order valence-electron chi connectivity index (χ1n) is 11.3. The maximum Gasteiger partial charge on any atom is 0.157 e. The molecule has 3 aromatic rings. The van der Waals surface area contributed by atoms with Crippen molar-refractivity contribution in [3.8, 4) is 11.3 Å². The maximum atomic E-state index is 5.90. The fourth-order valence-corrected chi connectivity index (χ4v) is 4.21. The van der Waals surface area contributed by atoms with E-state index in [1.807, 2.05) is 19.9 Å². The van der Waals surface area contributed by atoms with Crippen molar-refractivity contribution in [2.24, 2.45) is 11.7 Å². The largest absolute Gasteiger partial charge is 0.378 e. The molecular formula is C24H32N6O. The summed E-state index contributed by atoms with van der Waals surface area (Å²) in [6.07, 6.45) is 4.57. The number of hydrogen-bond donors (Lipinski definition) is 1. The van der Waals surface area contributed by atoms with E-state index in [-0.39, 0.29) is 0 Å². The Morgan fingerprint density at radius 3 is 2.45 bits per heavy atom. The molecule has 31 heavy (non-hydrogen) atoms. The molecule has 5 rings (SSSR count). The zero-order chi connectivity index (χ0) is 21.6. The van der Waals surface area contributed by atoms with E-state index in [0.29, 0.717) is 12.5 Å². The Morgan fingerprint density at radius 2 is 1.74 bits per heavy atom. The van der Waals surface area contributed by atoms with E-state index < -0.39 is 0 Å². The molecule has 2 aliphatic rings. The second-order valence-corrected chi connectivity index (χ2v) is 7.74. The second kappa shape index (κ2) is 10.0. The Morgan fingerprint density at radius 1 is 1.00 bits per heavy atom. The maximum absolute atomic E-state index is 5.90. The topological polar surface area (TPSA) is 80.4 Å². The summed E-state index contributed by atoms with van der Waals surface area (Å²) in [7, 11) is 0. The third-order valence-corrected chi connectivity index (χ3v) is 5.90. The molecule has 2 N–H and O–H groups in total. The number of morpholine rings is 1. The number of nitrogens with zero attached hydrogens (tertiary/aromatic N) is 5. The predicted molar refractivity (Wildman–Crippen MR) is 127 cm³/mol. The fourth-order valence-electron chi connectivity index (χ4n) is 4.21. The molecular weight excluding hydrogens is 388 g/mol. The highest BCUT2D eigenvalue weighted by atomic mass is 16.5. The van der Waals surface area contributed by atoms with Crippen molar-refractivity contribution in [2.45, 2.75) is 20.3 Å². The lowest BCUT2D eigenvalue weighted by atomic mass is 10.1. The monoisotopic (exact) mass is 420 g/mol. The van der Waals surface area contributed by atoms with Gasteiger partial charge < -0.3 is 20.3 Å². The van der Waals surface area contributed by atoms with Gasteiger partial charge in [0.15, 0.2) is 5.82 Å². The summed E-state index contributed by atoms with van der Waals surface area (Å²) in [6, 6.07) is 10.7. The Kier molecular flexibility index (Phi) is 6.94. The molecule has 2 aromatic heterocycles. The van der Waals surface area contributed by atoms with Gasteiger partial charge >= 0.3 is 0 Å². The van der Waals surface area contributed by atoms with E-state index in [4.69, 9.17) is 15.5 Å². The Labute approximate surface area is 184 Å². The number of aromatic nitrogens is 3. The van der Waals surface area contributed by atoms with Crippen molar-refractivity contribution >= 4 is 22.5 Å². The van der Waals surface area contributed by atoms with Crippen molar-refractivity contribution in [1.82, 2.24) is 15.0 Å². The first-order chi connectivity index (χ1) is 15.3. The van der Waals surface area contributed by atoms with Crippen LogP contribution < -0.4 is 15.5 Å². The fraction of sp³-hybridized carbons (Fsp3) is 0.458. The third kappa shape index (κ3) is 4.62. The van der Waals surface area contributed by atoms with E-state index in [1.165, 1.54) is 5.69 Å². The van der Waals surface area contributed by atoms with Gasteiger partial charge in [-0.1, -0.05) is 26.0 Å². The minimum absolute atomic E-state index is 0.514. The van der Waals surface area contributed by atoms with Crippen molar-refractivity contribution in [3.63, 3.8) is 0 Å². The van der Waals surface area contributed by atoms with Crippen LogP contribution >= 0.6 is 0 Å². The number of nitrogens with two attached hydrogens (primary N) is 1. The zero-order valence-corrected chi connectivity index (χ0v) is 18.5. The van der Waals surface area contributed by atoms with Crippen LogP contribution in [0.2, 0.25) is 0 Å². The average Bonchev–Trinajstić information content (AvgIpc) is 3.34. The van der Waals surface area contributed by atoms with Crippen LogP contribution in [0.5, 0.6) is 0 Å². The quantitative estimate of drug-likeness (QED) is 0.693.